The van der Waals surface area contributed by atoms with E-state index >= 15 is 0 Å². The number of ether oxygens (including phenoxy) is 1. The summed E-state index contributed by atoms with van der Waals surface area (Å²) < 4.78 is 5.35. The van der Waals surface area contributed by atoms with Gasteiger partial charge in [-0.3, -0.25) is 9.88 Å². The van der Waals surface area contributed by atoms with Gasteiger partial charge in [-0.25, -0.2) is 4.98 Å². The summed E-state index contributed by atoms with van der Waals surface area (Å²) in [5.41, 5.74) is 2.20. The molecule has 2 aliphatic rings. The van der Waals surface area contributed by atoms with Crippen LogP contribution in [0.15, 0.2) is 18.3 Å². The number of pyridine rings is 1. The first-order valence-corrected chi connectivity index (χ1v) is 10.8. The van der Waals surface area contributed by atoms with Gasteiger partial charge in [-0.1, -0.05) is 13.8 Å². The lowest BCUT2D eigenvalue weighted by atomic mass is 10.1. The summed E-state index contributed by atoms with van der Waals surface area (Å²) in [6.45, 7) is 8.13. The molecule has 0 aliphatic carbocycles. The van der Waals surface area contributed by atoms with Crippen molar-refractivity contribution < 1.29 is 4.74 Å². The quantitative estimate of drug-likeness (QED) is 0.825. The number of piperazine rings is 1. The average Bonchev–Trinajstić information content (AvgIpc) is 3.05. The molecule has 2 aromatic heterocycles. The van der Waals surface area contributed by atoms with E-state index in [4.69, 9.17) is 14.7 Å². The van der Waals surface area contributed by atoms with E-state index in [2.05, 4.69) is 48.3 Å². The molecule has 0 aromatic carbocycles. The maximum absolute atomic E-state index is 5.35. The summed E-state index contributed by atoms with van der Waals surface area (Å²) in [6, 6.07) is 4.57. The number of aromatic nitrogens is 2. The first kappa shape index (κ1) is 19.4. The fourth-order valence-electron chi connectivity index (χ4n) is 3.84. The van der Waals surface area contributed by atoms with Crippen molar-refractivity contribution in [2.75, 3.05) is 45.7 Å². The Balaban J connectivity index is 1.82. The minimum atomic E-state index is 0.408. The molecule has 150 valence electrons. The summed E-state index contributed by atoms with van der Waals surface area (Å²) in [6.07, 6.45) is 4.97. The first-order valence-electron chi connectivity index (χ1n) is 9.95. The number of likely N-dealkylation sites (N-methyl/N-ethyl adjacent to an activating group) is 1. The highest BCUT2D eigenvalue weighted by molar-refractivity contribution is 7.16. The molecule has 7 heteroatoms. The van der Waals surface area contributed by atoms with Crippen molar-refractivity contribution in [3.05, 3.63) is 39.6 Å². The molecular formula is C21H29N5OS. The Kier molecular flexibility index (Phi) is 5.66. The Bertz CT molecular complexity index is 954. The molecule has 1 N–H and O–H groups in total. The van der Waals surface area contributed by atoms with Crippen LogP contribution < -0.4 is 15.9 Å². The Morgan fingerprint density at radius 1 is 1.36 bits per heavy atom. The number of methoxy groups -OCH3 is 1. The second kappa shape index (κ2) is 8.19. The van der Waals surface area contributed by atoms with Crippen LogP contribution in [0.25, 0.3) is 11.9 Å². The third kappa shape index (κ3) is 3.66. The van der Waals surface area contributed by atoms with Crippen LogP contribution in [-0.4, -0.2) is 66.2 Å². The summed E-state index contributed by atoms with van der Waals surface area (Å²) in [5.74, 6) is 0.408. The zero-order valence-corrected chi connectivity index (χ0v) is 17.9. The van der Waals surface area contributed by atoms with Gasteiger partial charge in [0, 0.05) is 62.9 Å². The maximum atomic E-state index is 5.35. The van der Waals surface area contributed by atoms with Gasteiger partial charge in [0.2, 0.25) is 0 Å². The lowest BCUT2D eigenvalue weighted by molar-refractivity contribution is 0.0959. The summed E-state index contributed by atoms with van der Waals surface area (Å²) in [4.78, 5) is 14.7. The molecule has 4 rings (SSSR count). The zero-order chi connectivity index (χ0) is 19.7. The number of anilines is 1. The molecule has 1 fully saturated rings. The largest absolute Gasteiger partial charge is 0.385 e. The van der Waals surface area contributed by atoms with Crippen LogP contribution in [0.3, 0.4) is 0 Å². The highest BCUT2D eigenvalue weighted by Crippen LogP contribution is 2.35. The molecular weight excluding hydrogens is 370 g/mol. The minimum Gasteiger partial charge on any atom is -0.385 e. The fraction of sp³-hybridized carbons (Fsp3) is 0.524. The highest BCUT2D eigenvalue weighted by atomic mass is 32.1. The van der Waals surface area contributed by atoms with Crippen LogP contribution in [0.1, 0.15) is 36.9 Å². The normalized spacial score (nSPS) is 19.7. The van der Waals surface area contributed by atoms with Crippen molar-refractivity contribution in [3.63, 3.8) is 0 Å². The molecule has 0 bridgehead atoms. The van der Waals surface area contributed by atoms with E-state index in [1.54, 1.807) is 18.4 Å². The van der Waals surface area contributed by atoms with E-state index in [0.717, 1.165) is 64.6 Å². The van der Waals surface area contributed by atoms with E-state index in [1.165, 1.54) is 0 Å². The fourth-order valence-corrected chi connectivity index (χ4v) is 4.78. The van der Waals surface area contributed by atoms with Crippen LogP contribution in [0.4, 0.5) is 5.00 Å². The molecule has 2 aromatic rings. The molecule has 2 aliphatic heterocycles. The SMILES string of the molecule is COCCC1CN(C2=c3ncccc3=CNc3sc(C(C)C)nc32)CCN1C. The molecule has 1 saturated heterocycles. The van der Waals surface area contributed by atoms with E-state index in [1.807, 2.05) is 12.3 Å². The van der Waals surface area contributed by atoms with Gasteiger partial charge in [0.25, 0.3) is 0 Å². The first-order chi connectivity index (χ1) is 13.6. The number of hydrogen-bond acceptors (Lipinski definition) is 7. The molecule has 4 heterocycles. The highest BCUT2D eigenvalue weighted by Gasteiger charge is 2.30. The molecule has 0 saturated carbocycles. The van der Waals surface area contributed by atoms with Gasteiger partial charge in [0.15, 0.2) is 0 Å². The summed E-state index contributed by atoms with van der Waals surface area (Å²) in [5, 5.41) is 7.90. The number of nitrogens with one attached hydrogen (secondary N) is 1. The zero-order valence-electron chi connectivity index (χ0n) is 17.1. The molecule has 28 heavy (non-hydrogen) atoms. The van der Waals surface area contributed by atoms with Crippen LogP contribution >= 0.6 is 11.3 Å². The Morgan fingerprint density at radius 3 is 3.00 bits per heavy atom. The van der Waals surface area contributed by atoms with Crippen molar-refractivity contribution >= 4 is 28.2 Å². The number of rotatable bonds is 5. The standard InChI is InChI=1S/C21H29N5OS/c1-14(2)20-24-18-19(26-10-9-25(3)16(13-26)7-11-27-4)17-15(6-5-8-22-17)12-23-21(18)28-20/h5-6,8,12,14,16,23H,7,9-11,13H2,1-4H3. The van der Waals surface area contributed by atoms with Crippen molar-refractivity contribution in [3.8, 4) is 0 Å². The predicted octanol–water partition coefficient (Wildman–Crippen LogP) is 1.63. The third-order valence-electron chi connectivity index (χ3n) is 5.53. The number of hydrogen-bond donors (Lipinski definition) is 1. The monoisotopic (exact) mass is 399 g/mol. The van der Waals surface area contributed by atoms with Gasteiger partial charge < -0.3 is 15.0 Å². The molecule has 6 nitrogen and oxygen atoms in total. The van der Waals surface area contributed by atoms with Crippen molar-refractivity contribution in [1.82, 2.24) is 19.8 Å². The van der Waals surface area contributed by atoms with E-state index in [9.17, 15) is 0 Å². The van der Waals surface area contributed by atoms with Crippen LogP contribution in [0.5, 0.6) is 0 Å². The van der Waals surface area contributed by atoms with Gasteiger partial charge in [0.1, 0.15) is 10.7 Å². The summed E-state index contributed by atoms with van der Waals surface area (Å²) >= 11 is 1.75. The van der Waals surface area contributed by atoms with E-state index in [-0.39, 0.29) is 0 Å². The van der Waals surface area contributed by atoms with Crippen LogP contribution in [-0.2, 0) is 4.74 Å². The van der Waals surface area contributed by atoms with E-state index in [0.29, 0.717) is 12.0 Å². The third-order valence-corrected chi connectivity index (χ3v) is 6.82. The Morgan fingerprint density at radius 2 is 2.21 bits per heavy atom. The van der Waals surface area contributed by atoms with Crippen LogP contribution in [0.2, 0.25) is 0 Å². The summed E-state index contributed by atoms with van der Waals surface area (Å²) in [7, 11) is 3.99. The topological polar surface area (TPSA) is 53.5 Å². The molecule has 1 atom stereocenters. The van der Waals surface area contributed by atoms with Crippen molar-refractivity contribution in [2.45, 2.75) is 32.2 Å². The van der Waals surface area contributed by atoms with Crippen LogP contribution in [0, 0.1) is 0 Å². The second-order valence-corrected chi connectivity index (χ2v) is 8.86. The Hall–Kier alpha value is -1.96. The maximum Gasteiger partial charge on any atom is 0.124 e. The van der Waals surface area contributed by atoms with Crippen molar-refractivity contribution in [2.24, 2.45) is 0 Å². The number of nitrogens with zero attached hydrogens (tertiary/aromatic N) is 4. The van der Waals surface area contributed by atoms with Gasteiger partial charge in [0.05, 0.1) is 16.1 Å². The molecule has 0 radical (unpaired) electrons. The lowest BCUT2D eigenvalue weighted by Crippen LogP contribution is -2.52. The van der Waals surface area contributed by atoms with E-state index < -0.39 is 0 Å². The number of thiazole rings is 1. The van der Waals surface area contributed by atoms with Gasteiger partial charge in [-0.2, -0.15) is 0 Å². The Labute approximate surface area is 170 Å². The van der Waals surface area contributed by atoms with Crippen molar-refractivity contribution in [1.29, 1.82) is 0 Å². The molecule has 0 spiro atoms. The average molecular weight is 400 g/mol. The van der Waals surface area contributed by atoms with Gasteiger partial charge in [-0.15, -0.1) is 11.3 Å². The minimum absolute atomic E-state index is 0.408. The van der Waals surface area contributed by atoms with Gasteiger partial charge >= 0.3 is 0 Å². The predicted molar refractivity (Wildman–Crippen MR) is 115 cm³/mol. The molecule has 0 amide bonds. The number of fused-ring (bicyclic) bond motifs is 2. The second-order valence-electron chi connectivity index (χ2n) is 7.82. The van der Waals surface area contributed by atoms with Gasteiger partial charge in [-0.05, 0) is 25.6 Å². The lowest BCUT2D eigenvalue weighted by Gasteiger charge is -2.41. The molecule has 1 unspecified atom stereocenters. The smallest absolute Gasteiger partial charge is 0.124 e.